The molecule has 0 aliphatic heterocycles. The second kappa shape index (κ2) is 10.3. The molecule has 0 bridgehead atoms. The topological polar surface area (TPSA) is 142 Å². The van der Waals surface area contributed by atoms with Gasteiger partial charge in [-0.2, -0.15) is 0 Å². The number of aldehydes is 1. The summed E-state index contributed by atoms with van der Waals surface area (Å²) < 4.78 is 19.4. The van der Waals surface area contributed by atoms with E-state index in [0.717, 1.165) is 27.7 Å². The number of hydrogen-bond acceptors (Lipinski definition) is 10. The Kier molecular flexibility index (Phi) is 9.25. The van der Waals surface area contributed by atoms with Gasteiger partial charge in [-0.15, -0.1) is 0 Å². The molecule has 10 nitrogen and oxygen atoms in total. The van der Waals surface area contributed by atoms with Crippen molar-refractivity contribution >= 4 is 30.2 Å². The number of aliphatic hydroxyl groups is 1. The number of carbonyl (C=O) groups excluding carboxylic acids is 5. The highest BCUT2D eigenvalue weighted by Gasteiger charge is 2.43. The first-order valence-corrected chi connectivity index (χ1v) is 6.87. The van der Waals surface area contributed by atoms with Crippen molar-refractivity contribution in [2.24, 2.45) is 0 Å². The Bertz CT molecular complexity index is 486. The second-order valence-electron chi connectivity index (χ2n) is 4.69. The van der Waals surface area contributed by atoms with Gasteiger partial charge in [0.1, 0.15) is 0 Å². The lowest BCUT2D eigenvalue weighted by Gasteiger charge is -2.33. The van der Waals surface area contributed by atoms with Crippen molar-refractivity contribution in [3.05, 3.63) is 0 Å². The fourth-order valence-electron chi connectivity index (χ4n) is 1.84. The van der Waals surface area contributed by atoms with Crippen molar-refractivity contribution in [1.82, 2.24) is 0 Å². The smallest absolute Gasteiger partial charge is 0.303 e. The van der Waals surface area contributed by atoms with Crippen LogP contribution in [0.2, 0.25) is 0 Å². The van der Waals surface area contributed by atoms with Crippen LogP contribution in [0.4, 0.5) is 0 Å². The summed E-state index contributed by atoms with van der Waals surface area (Å²) in [6.07, 6.45) is -6.12. The molecule has 1 N–H and O–H groups in total. The highest BCUT2D eigenvalue weighted by molar-refractivity contribution is 5.72. The van der Waals surface area contributed by atoms with Gasteiger partial charge in [-0.1, -0.05) is 0 Å². The van der Waals surface area contributed by atoms with Crippen molar-refractivity contribution in [3.8, 4) is 0 Å². The quantitative estimate of drug-likeness (QED) is 0.310. The first-order chi connectivity index (χ1) is 11.1. The van der Waals surface area contributed by atoms with Crippen LogP contribution in [0.3, 0.4) is 0 Å². The molecule has 0 spiro atoms. The molecular weight excluding hydrogens is 328 g/mol. The molecule has 0 unspecified atom stereocenters. The minimum atomic E-state index is -1.64. The van der Waals surface area contributed by atoms with Gasteiger partial charge >= 0.3 is 23.9 Å². The molecule has 0 fully saturated rings. The third-order valence-electron chi connectivity index (χ3n) is 2.55. The fraction of sp³-hybridized carbons (Fsp3) is 0.643. The van der Waals surface area contributed by atoms with Gasteiger partial charge in [0.25, 0.3) is 0 Å². The maximum absolute atomic E-state index is 11.3. The normalized spacial score (nSPS) is 15.2. The minimum Gasteiger partial charge on any atom is -0.456 e. The van der Waals surface area contributed by atoms with E-state index >= 15 is 0 Å². The van der Waals surface area contributed by atoms with Crippen LogP contribution in [0.25, 0.3) is 0 Å². The van der Waals surface area contributed by atoms with Crippen molar-refractivity contribution in [3.63, 3.8) is 0 Å². The van der Waals surface area contributed by atoms with E-state index in [1.54, 1.807) is 0 Å². The van der Waals surface area contributed by atoms with Crippen LogP contribution in [0.5, 0.6) is 0 Å². The highest BCUT2D eigenvalue weighted by Crippen LogP contribution is 2.18. The molecule has 0 radical (unpaired) electrons. The molecular formula is C14H20O10. The Morgan fingerprint density at radius 2 is 1.21 bits per heavy atom. The van der Waals surface area contributed by atoms with Gasteiger partial charge in [-0.3, -0.25) is 24.0 Å². The Morgan fingerprint density at radius 3 is 1.54 bits per heavy atom. The van der Waals surface area contributed by atoms with Gasteiger partial charge in [-0.25, -0.2) is 0 Å². The maximum atomic E-state index is 11.3. The second-order valence-corrected chi connectivity index (χ2v) is 4.69. The molecule has 0 aliphatic rings. The monoisotopic (exact) mass is 348 g/mol. The minimum absolute atomic E-state index is 0.160. The Hall–Kier alpha value is -2.49. The Balaban J connectivity index is 5.79. The van der Waals surface area contributed by atoms with Crippen LogP contribution in [0.1, 0.15) is 27.7 Å². The predicted molar refractivity (Wildman–Crippen MR) is 75.4 cm³/mol. The molecule has 0 saturated heterocycles. The van der Waals surface area contributed by atoms with Crippen LogP contribution in [0.15, 0.2) is 0 Å². The van der Waals surface area contributed by atoms with Crippen LogP contribution in [-0.2, 0) is 42.9 Å². The fourth-order valence-corrected chi connectivity index (χ4v) is 1.84. The molecule has 0 amide bonds. The van der Waals surface area contributed by atoms with E-state index in [9.17, 15) is 29.1 Å². The van der Waals surface area contributed by atoms with Crippen LogP contribution in [-0.4, -0.2) is 66.3 Å². The van der Waals surface area contributed by atoms with Gasteiger partial charge in [0, 0.05) is 27.7 Å². The van der Waals surface area contributed by atoms with E-state index < -0.39 is 54.9 Å². The number of rotatable bonds is 9. The Labute approximate surface area is 138 Å². The number of carbonyl (C=O) groups is 5. The largest absolute Gasteiger partial charge is 0.456 e. The van der Waals surface area contributed by atoms with Crippen molar-refractivity contribution < 1.29 is 48.0 Å². The average molecular weight is 348 g/mol. The van der Waals surface area contributed by atoms with Crippen molar-refractivity contribution in [2.45, 2.75) is 52.1 Å². The van der Waals surface area contributed by atoms with E-state index in [0.29, 0.717) is 0 Å². The summed E-state index contributed by atoms with van der Waals surface area (Å²) >= 11 is 0. The van der Waals surface area contributed by atoms with Gasteiger partial charge in [0.2, 0.25) is 0 Å². The molecule has 10 heteroatoms. The lowest BCUT2D eigenvalue weighted by Crippen LogP contribution is -2.53. The molecule has 0 aliphatic carbocycles. The maximum Gasteiger partial charge on any atom is 0.303 e. The molecule has 0 rings (SSSR count). The standard InChI is InChI=1S/C14H20O10/c1-7(17)21-11(5-15)13(23-9(3)19)14(24-10(4)20)12(6-16)22-8(2)18/h5,11-14,16H,6H2,1-4H3/t11-,12-,13-,14-/m1/s1. The summed E-state index contributed by atoms with van der Waals surface area (Å²) in [5.74, 6) is -3.42. The average Bonchev–Trinajstić information content (AvgIpc) is 2.45. The van der Waals surface area contributed by atoms with Crippen LogP contribution in [0, 0.1) is 0 Å². The number of aliphatic hydroxyl groups excluding tert-OH is 1. The van der Waals surface area contributed by atoms with E-state index in [1.807, 2.05) is 0 Å². The number of hydrogen-bond donors (Lipinski definition) is 1. The number of esters is 4. The summed E-state index contributed by atoms with van der Waals surface area (Å²) in [6, 6.07) is 0. The molecule has 0 aromatic carbocycles. The molecule has 0 saturated carbocycles. The first-order valence-electron chi connectivity index (χ1n) is 6.87. The number of ether oxygens (including phenoxy) is 4. The van der Waals surface area contributed by atoms with E-state index in [-0.39, 0.29) is 6.29 Å². The summed E-state index contributed by atoms with van der Waals surface area (Å²) in [4.78, 5) is 56.0. The van der Waals surface area contributed by atoms with Crippen molar-refractivity contribution in [1.29, 1.82) is 0 Å². The lowest BCUT2D eigenvalue weighted by molar-refractivity contribution is -0.199. The third kappa shape index (κ3) is 7.68. The van der Waals surface area contributed by atoms with Crippen LogP contribution >= 0.6 is 0 Å². The highest BCUT2D eigenvalue weighted by atomic mass is 16.6. The lowest BCUT2D eigenvalue weighted by atomic mass is 10.0. The summed E-state index contributed by atoms with van der Waals surface area (Å²) in [5.41, 5.74) is 0. The SMILES string of the molecule is CC(=O)O[C@@H]([C@H](OC(C)=O)[C@@H](CO)OC(C)=O)[C@@H](C=O)OC(C)=O. The molecule has 0 heterocycles. The summed E-state index contributed by atoms with van der Waals surface area (Å²) in [5, 5.41) is 9.37. The molecule has 0 aromatic rings. The predicted octanol–water partition coefficient (Wildman–Crippen LogP) is -1.10. The summed E-state index contributed by atoms with van der Waals surface area (Å²) in [7, 11) is 0. The van der Waals surface area contributed by atoms with Crippen molar-refractivity contribution in [2.75, 3.05) is 6.61 Å². The van der Waals surface area contributed by atoms with Gasteiger partial charge in [0.05, 0.1) is 6.61 Å². The van der Waals surface area contributed by atoms with E-state index in [4.69, 9.17) is 18.9 Å². The van der Waals surface area contributed by atoms with Gasteiger partial charge < -0.3 is 24.1 Å². The molecule has 4 atom stereocenters. The Morgan fingerprint density at radius 1 is 0.792 bits per heavy atom. The van der Waals surface area contributed by atoms with Crippen LogP contribution < -0.4 is 0 Å². The zero-order valence-electron chi connectivity index (χ0n) is 13.7. The molecule has 24 heavy (non-hydrogen) atoms. The van der Waals surface area contributed by atoms with Gasteiger partial charge in [-0.05, 0) is 0 Å². The zero-order chi connectivity index (χ0) is 18.9. The van der Waals surface area contributed by atoms with E-state index in [1.165, 1.54) is 0 Å². The summed E-state index contributed by atoms with van der Waals surface area (Å²) in [6.45, 7) is 3.27. The first kappa shape index (κ1) is 21.5. The van der Waals surface area contributed by atoms with Gasteiger partial charge in [0.15, 0.2) is 30.7 Å². The third-order valence-corrected chi connectivity index (χ3v) is 2.55. The molecule has 136 valence electrons. The zero-order valence-corrected chi connectivity index (χ0v) is 13.7. The van der Waals surface area contributed by atoms with E-state index in [2.05, 4.69) is 0 Å². The molecule has 0 aromatic heterocycles.